The Morgan fingerprint density at radius 2 is 2.13 bits per heavy atom. The number of hydrogen-bond acceptors (Lipinski definition) is 5. The first-order chi connectivity index (χ1) is 14.7. The molecule has 0 saturated carbocycles. The first-order valence-electron chi connectivity index (χ1n) is 9.88. The third kappa shape index (κ3) is 4.57. The van der Waals surface area contributed by atoms with Gasteiger partial charge in [-0.2, -0.15) is 0 Å². The van der Waals surface area contributed by atoms with Crippen molar-refractivity contribution in [3.8, 4) is 17.0 Å². The molecular formula is C23H23FN2O3S. The molecule has 4 rings (SSSR count). The summed E-state index contributed by atoms with van der Waals surface area (Å²) in [4.78, 5) is 17.3. The van der Waals surface area contributed by atoms with Crippen molar-refractivity contribution in [1.29, 1.82) is 0 Å². The zero-order valence-corrected chi connectivity index (χ0v) is 17.5. The monoisotopic (exact) mass is 426 g/mol. The zero-order chi connectivity index (χ0) is 20.9. The molecule has 5 nitrogen and oxygen atoms in total. The van der Waals surface area contributed by atoms with Crippen molar-refractivity contribution >= 4 is 17.5 Å². The van der Waals surface area contributed by atoms with Crippen molar-refractivity contribution in [1.82, 2.24) is 9.55 Å². The summed E-state index contributed by atoms with van der Waals surface area (Å²) >= 11 is 1.34. The van der Waals surface area contributed by atoms with Crippen LogP contribution >= 0.6 is 11.8 Å². The van der Waals surface area contributed by atoms with Crippen LogP contribution in [0.5, 0.6) is 5.75 Å². The highest BCUT2D eigenvalue weighted by atomic mass is 32.2. The summed E-state index contributed by atoms with van der Waals surface area (Å²) in [6, 6.07) is 14.0. The van der Waals surface area contributed by atoms with Crippen LogP contribution in [0.2, 0.25) is 0 Å². The highest BCUT2D eigenvalue weighted by Crippen LogP contribution is 2.29. The lowest BCUT2D eigenvalue weighted by atomic mass is 10.1. The van der Waals surface area contributed by atoms with Crippen molar-refractivity contribution in [2.75, 3.05) is 19.5 Å². The molecule has 0 spiro atoms. The molecule has 0 amide bonds. The largest absolute Gasteiger partial charge is 0.496 e. The summed E-state index contributed by atoms with van der Waals surface area (Å²) in [5.74, 6) is -0.161. The SMILES string of the molecule is COc1ccc(F)cc1C(=O)CSc1ncc(-c2ccccc2)n1C[C@H]1CCCO1. The summed E-state index contributed by atoms with van der Waals surface area (Å²) in [5, 5.41) is 0.744. The molecule has 1 aromatic heterocycles. The number of aromatic nitrogens is 2. The number of thioether (sulfide) groups is 1. The maximum absolute atomic E-state index is 13.6. The number of nitrogens with zero attached hydrogens (tertiary/aromatic N) is 2. The second-order valence-corrected chi connectivity index (χ2v) is 8.04. The summed E-state index contributed by atoms with van der Waals surface area (Å²) in [6.45, 7) is 1.46. The van der Waals surface area contributed by atoms with Crippen LogP contribution < -0.4 is 4.74 Å². The van der Waals surface area contributed by atoms with E-state index in [-0.39, 0.29) is 23.2 Å². The van der Waals surface area contributed by atoms with Gasteiger partial charge in [0.15, 0.2) is 10.9 Å². The van der Waals surface area contributed by atoms with E-state index in [1.54, 1.807) is 0 Å². The Labute approximate surface area is 179 Å². The molecule has 1 saturated heterocycles. The van der Waals surface area contributed by atoms with E-state index in [2.05, 4.69) is 9.55 Å². The number of methoxy groups -OCH3 is 1. The van der Waals surface area contributed by atoms with Crippen LogP contribution in [0.1, 0.15) is 23.2 Å². The van der Waals surface area contributed by atoms with Gasteiger partial charge < -0.3 is 14.0 Å². The summed E-state index contributed by atoms with van der Waals surface area (Å²) in [7, 11) is 1.47. The van der Waals surface area contributed by atoms with E-state index in [9.17, 15) is 9.18 Å². The van der Waals surface area contributed by atoms with Gasteiger partial charge in [-0.15, -0.1) is 0 Å². The minimum atomic E-state index is -0.463. The minimum Gasteiger partial charge on any atom is -0.496 e. The van der Waals surface area contributed by atoms with Gasteiger partial charge in [0, 0.05) is 6.61 Å². The fraction of sp³-hybridized carbons (Fsp3) is 0.304. The molecule has 3 aromatic rings. The lowest BCUT2D eigenvalue weighted by molar-refractivity contribution is 0.0954. The number of carbonyl (C=O) groups excluding carboxylic acids is 1. The van der Waals surface area contributed by atoms with E-state index < -0.39 is 5.82 Å². The van der Waals surface area contributed by atoms with Crippen LogP contribution in [0.15, 0.2) is 59.9 Å². The zero-order valence-electron chi connectivity index (χ0n) is 16.7. The van der Waals surface area contributed by atoms with E-state index >= 15 is 0 Å². The Morgan fingerprint density at radius 1 is 1.30 bits per heavy atom. The van der Waals surface area contributed by atoms with Crippen LogP contribution in [0.4, 0.5) is 4.39 Å². The van der Waals surface area contributed by atoms with Crippen LogP contribution in [-0.2, 0) is 11.3 Å². The molecule has 156 valence electrons. The Kier molecular flexibility index (Phi) is 6.50. The molecule has 0 unspecified atom stereocenters. The molecule has 1 aliphatic rings. The van der Waals surface area contributed by atoms with E-state index in [0.29, 0.717) is 12.3 Å². The van der Waals surface area contributed by atoms with Crippen molar-refractivity contribution in [2.24, 2.45) is 0 Å². The molecule has 2 aromatic carbocycles. The Morgan fingerprint density at radius 3 is 2.87 bits per heavy atom. The van der Waals surface area contributed by atoms with Gasteiger partial charge in [0.05, 0.1) is 43.0 Å². The minimum absolute atomic E-state index is 0.135. The maximum Gasteiger partial charge on any atom is 0.177 e. The fourth-order valence-electron chi connectivity index (χ4n) is 3.59. The predicted molar refractivity (Wildman–Crippen MR) is 115 cm³/mol. The molecule has 1 atom stereocenters. The molecule has 30 heavy (non-hydrogen) atoms. The van der Waals surface area contributed by atoms with Crippen molar-refractivity contribution < 1.29 is 18.7 Å². The smallest absolute Gasteiger partial charge is 0.177 e. The Hall–Kier alpha value is -2.64. The summed E-state index contributed by atoms with van der Waals surface area (Å²) in [5.41, 5.74) is 2.29. The number of Topliss-reactive ketones (excluding diaryl/α,β-unsaturated/α-hetero) is 1. The topological polar surface area (TPSA) is 53.3 Å². The predicted octanol–water partition coefficient (Wildman–Crippen LogP) is 4.85. The number of ether oxygens (including phenoxy) is 2. The van der Waals surface area contributed by atoms with Crippen LogP contribution in [0.3, 0.4) is 0 Å². The fourth-order valence-corrected chi connectivity index (χ4v) is 4.46. The Balaban J connectivity index is 1.57. The molecule has 0 bridgehead atoms. The first-order valence-corrected chi connectivity index (χ1v) is 10.9. The molecular weight excluding hydrogens is 403 g/mol. The van der Waals surface area contributed by atoms with Gasteiger partial charge in [-0.3, -0.25) is 4.79 Å². The second-order valence-electron chi connectivity index (χ2n) is 7.09. The van der Waals surface area contributed by atoms with E-state index in [1.165, 1.54) is 37.1 Å². The summed E-state index contributed by atoms with van der Waals surface area (Å²) < 4.78 is 26.8. The number of halogens is 1. The van der Waals surface area contributed by atoms with Crippen LogP contribution in [0.25, 0.3) is 11.3 Å². The second kappa shape index (κ2) is 9.45. The van der Waals surface area contributed by atoms with Crippen molar-refractivity contribution in [2.45, 2.75) is 30.6 Å². The molecule has 0 radical (unpaired) electrons. The van der Waals surface area contributed by atoms with Gasteiger partial charge in [-0.25, -0.2) is 9.37 Å². The highest BCUT2D eigenvalue weighted by molar-refractivity contribution is 7.99. The number of imidazole rings is 1. The lowest BCUT2D eigenvalue weighted by Gasteiger charge is -2.16. The summed E-state index contributed by atoms with van der Waals surface area (Å²) in [6.07, 6.45) is 4.04. The van der Waals surface area contributed by atoms with E-state index in [0.717, 1.165) is 35.9 Å². The molecule has 0 N–H and O–H groups in total. The van der Waals surface area contributed by atoms with E-state index in [4.69, 9.17) is 9.47 Å². The van der Waals surface area contributed by atoms with Gasteiger partial charge in [0.1, 0.15) is 11.6 Å². The number of carbonyl (C=O) groups is 1. The molecule has 7 heteroatoms. The molecule has 2 heterocycles. The highest BCUT2D eigenvalue weighted by Gasteiger charge is 2.22. The number of ketones is 1. The standard InChI is InChI=1S/C23H23FN2O3S/c1-28-22-10-9-17(24)12-19(22)21(27)15-30-23-25-13-20(16-6-3-2-4-7-16)26(23)14-18-8-5-11-29-18/h2-4,6-7,9-10,12-13,18H,5,8,11,14-15H2,1H3/t18-/m1/s1. The van der Waals surface area contributed by atoms with Gasteiger partial charge in [0.25, 0.3) is 0 Å². The van der Waals surface area contributed by atoms with E-state index in [1.807, 2.05) is 36.5 Å². The quantitative estimate of drug-likeness (QED) is 0.381. The van der Waals surface area contributed by atoms with Crippen LogP contribution in [-0.4, -0.2) is 40.9 Å². The van der Waals surface area contributed by atoms with Gasteiger partial charge >= 0.3 is 0 Å². The average Bonchev–Trinajstić information content (AvgIpc) is 3.43. The normalized spacial score (nSPS) is 16.0. The van der Waals surface area contributed by atoms with Gasteiger partial charge in [-0.1, -0.05) is 42.1 Å². The Bertz CT molecular complexity index is 1020. The van der Waals surface area contributed by atoms with Crippen molar-refractivity contribution in [3.63, 3.8) is 0 Å². The maximum atomic E-state index is 13.6. The number of rotatable bonds is 8. The lowest BCUT2D eigenvalue weighted by Crippen LogP contribution is -2.17. The molecule has 1 aliphatic heterocycles. The van der Waals surface area contributed by atoms with Gasteiger partial charge in [0.2, 0.25) is 0 Å². The molecule has 0 aliphatic carbocycles. The third-order valence-corrected chi connectivity index (χ3v) is 6.08. The first kappa shape index (κ1) is 20.6. The van der Waals surface area contributed by atoms with Gasteiger partial charge in [-0.05, 0) is 36.6 Å². The number of benzene rings is 2. The average molecular weight is 427 g/mol. The van der Waals surface area contributed by atoms with Crippen LogP contribution in [0, 0.1) is 5.82 Å². The number of hydrogen-bond donors (Lipinski definition) is 0. The third-order valence-electron chi connectivity index (χ3n) is 5.09. The van der Waals surface area contributed by atoms with Crippen molar-refractivity contribution in [3.05, 3.63) is 66.1 Å². The molecule has 1 fully saturated rings.